The Labute approximate surface area is 337 Å². The number of aromatic nitrogens is 2. The van der Waals surface area contributed by atoms with Gasteiger partial charge < -0.3 is 33.8 Å². The summed E-state index contributed by atoms with van der Waals surface area (Å²) in [4.78, 5) is 47.6. The second-order valence-electron chi connectivity index (χ2n) is 14.0. The molecule has 0 spiro atoms. The van der Waals surface area contributed by atoms with Crippen LogP contribution in [0.3, 0.4) is 0 Å². The molecule has 1 fully saturated rings. The zero-order valence-electron chi connectivity index (χ0n) is 32.8. The molecule has 298 valence electrons. The Balaban J connectivity index is 0.000000203. The van der Waals surface area contributed by atoms with Crippen LogP contribution < -0.4 is 9.47 Å². The molecule has 0 radical (unpaired) electrons. The van der Waals surface area contributed by atoms with Crippen LogP contribution in [0.15, 0.2) is 97.1 Å². The molecular formula is C45H49ClN4O7. The molecule has 57 heavy (non-hydrogen) atoms. The molecule has 1 aliphatic heterocycles. The number of H-pyrrole nitrogens is 2. The number of amides is 1. The van der Waals surface area contributed by atoms with E-state index in [1.54, 1.807) is 6.92 Å². The molecule has 6 aromatic rings. The smallest absolute Gasteiger partial charge is 0.340 e. The maximum atomic E-state index is 12.8. The van der Waals surface area contributed by atoms with Gasteiger partial charge in [0, 0.05) is 72.8 Å². The van der Waals surface area contributed by atoms with E-state index in [4.69, 9.17) is 30.5 Å². The first-order chi connectivity index (χ1) is 27.6. The van der Waals surface area contributed by atoms with Gasteiger partial charge in [-0.05, 0) is 67.8 Å². The minimum absolute atomic E-state index is 0.103. The number of nitrogens with one attached hydrogen (secondary N) is 2. The van der Waals surface area contributed by atoms with Crippen LogP contribution in [0.25, 0.3) is 21.8 Å². The Hall–Kier alpha value is -5.78. The van der Waals surface area contributed by atoms with Gasteiger partial charge in [0.25, 0.3) is 0 Å². The molecule has 11 nitrogen and oxygen atoms in total. The SMILES string of the molecule is CC(=O)N(C)C1CCN(CCOc2ccc3[nH]c(C)c(C(=O)OCc4ccccc4)c3c2)C1.Cc1[nH]c2ccc(OCCCl)cc2c1C(=O)OCc1ccccc1. The van der Waals surface area contributed by atoms with Crippen LogP contribution >= 0.6 is 11.6 Å². The van der Waals surface area contributed by atoms with Gasteiger partial charge >= 0.3 is 11.9 Å². The number of likely N-dealkylation sites (tertiary alicyclic amines) is 1. The van der Waals surface area contributed by atoms with Gasteiger partial charge in [0.1, 0.15) is 37.9 Å². The molecular weight excluding hydrogens is 744 g/mol. The lowest BCUT2D eigenvalue weighted by atomic mass is 10.1. The largest absolute Gasteiger partial charge is 0.492 e. The summed E-state index contributed by atoms with van der Waals surface area (Å²) in [5.41, 5.74) is 6.29. The Morgan fingerprint density at radius 1 is 0.737 bits per heavy atom. The number of fused-ring (bicyclic) bond motifs is 2. The van der Waals surface area contributed by atoms with Crippen molar-refractivity contribution in [1.29, 1.82) is 0 Å². The second-order valence-corrected chi connectivity index (χ2v) is 14.4. The second kappa shape index (κ2) is 19.4. The number of alkyl halides is 1. The lowest BCUT2D eigenvalue weighted by molar-refractivity contribution is -0.129. The van der Waals surface area contributed by atoms with Crippen molar-refractivity contribution < 1.29 is 33.3 Å². The monoisotopic (exact) mass is 792 g/mol. The van der Waals surface area contributed by atoms with Crippen molar-refractivity contribution in [3.05, 3.63) is 131 Å². The zero-order valence-corrected chi connectivity index (χ0v) is 33.6. The minimum atomic E-state index is -0.350. The number of halogens is 1. The first kappa shape index (κ1) is 40.9. The summed E-state index contributed by atoms with van der Waals surface area (Å²) < 4.78 is 22.6. The third-order valence-electron chi connectivity index (χ3n) is 10.1. The zero-order chi connectivity index (χ0) is 40.3. The molecule has 0 bridgehead atoms. The lowest BCUT2D eigenvalue weighted by Crippen LogP contribution is -2.38. The number of esters is 2. The number of carbonyl (C=O) groups excluding carboxylic acids is 3. The van der Waals surface area contributed by atoms with Crippen molar-refractivity contribution in [3.8, 4) is 11.5 Å². The summed E-state index contributed by atoms with van der Waals surface area (Å²) in [5, 5.41) is 1.59. The summed E-state index contributed by atoms with van der Waals surface area (Å²) in [6.45, 7) is 9.40. The van der Waals surface area contributed by atoms with Gasteiger partial charge in [-0.25, -0.2) is 9.59 Å². The highest BCUT2D eigenvalue weighted by atomic mass is 35.5. The maximum Gasteiger partial charge on any atom is 0.340 e. The fourth-order valence-corrected chi connectivity index (χ4v) is 7.02. The number of aromatic amines is 2. The first-order valence-corrected chi connectivity index (χ1v) is 19.6. The van der Waals surface area contributed by atoms with E-state index in [1.165, 1.54) is 0 Å². The normalized spacial score (nSPS) is 13.9. The van der Waals surface area contributed by atoms with Crippen molar-refractivity contribution in [1.82, 2.24) is 19.8 Å². The van der Waals surface area contributed by atoms with E-state index in [0.717, 1.165) is 76.1 Å². The molecule has 7 rings (SSSR count). The molecule has 1 unspecified atom stereocenters. The number of rotatable bonds is 14. The molecule has 1 aliphatic rings. The average Bonchev–Trinajstić information content (AvgIpc) is 3.92. The predicted octanol–water partition coefficient (Wildman–Crippen LogP) is 8.22. The molecule has 1 atom stereocenters. The maximum absolute atomic E-state index is 12.8. The standard InChI is InChI=1S/C26H31N3O4.C19H18ClNO3/c1-18-25(26(31)33-17-20-7-5-4-6-8-20)23-15-22(9-10-24(23)27-18)32-14-13-29-12-11-21(16-29)28(3)19(2)30;1-13-18(19(22)24-12-14-5-3-2-4-6-14)16-11-15(23-10-9-20)7-8-17(16)21-13/h4-10,15,21,27H,11-14,16-17H2,1-3H3;2-8,11,21H,9-10,12H2,1H3. The Kier molecular flexibility index (Phi) is 13.9. The van der Waals surface area contributed by atoms with Crippen molar-refractivity contribution in [3.63, 3.8) is 0 Å². The van der Waals surface area contributed by atoms with E-state index >= 15 is 0 Å². The molecule has 0 aliphatic carbocycles. The molecule has 4 aromatic carbocycles. The topological polar surface area (TPSA) is 126 Å². The van der Waals surface area contributed by atoms with E-state index in [-0.39, 0.29) is 37.1 Å². The Morgan fingerprint density at radius 3 is 1.70 bits per heavy atom. The third kappa shape index (κ3) is 10.5. The van der Waals surface area contributed by atoms with E-state index in [9.17, 15) is 14.4 Å². The minimum Gasteiger partial charge on any atom is -0.492 e. The van der Waals surface area contributed by atoms with E-state index < -0.39 is 0 Å². The van der Waals surface area contributed by atoms with Crippen LogP contribution in [0.5, 0.6) is 11.5 Å². The summed E-state index contributed by atoms with van der Waals surface area (Å²) in [5.74, 6) is 1.21. The lowest BCUT2D eigenvalue weighted by Gasteiger charge is -2.23. The fraction of sp³-hybridized carbons (Fsp3) is 0.311. The Morgan fingerprint density at radius 2 is 1.23 bits per heavy atom. The summed E-state index contributed by atoms with van der Waals surface area (Å²) >= 11 is 5.65. The van der Waals surface area contributed by atoms with Crippen LogP contribution in [0.4, 0.5) is 0 Å². The van der Waals surface area contributed by atoms with Crippen molar-refractivity contribution in [2.45, 2.75) is 46.4 Å². The van der Waals surface area contributed by atoms with Gasteiger partial charge in [0.05, 0.1) is 17.0 Å². The van der Waals surface area contributed by atoms with Gasteiger partial charge in [0.2, 0.25) is 5.91 Å². The molecule has 2 aromatic heterocycles. The van der Waals surface area contributed by atoms with Crippen LogP contribution in [0.2, 0.25) is 0 Å². The number of ether oxygens (including phenoxy) is 4. The molecule has 12 heteroatoms. The number of carbonyl (C=O) groups is 3. The molecule has 0 saturated carbocycles. The summed E-state index contributed by atoms with van der Waals surface area (Å²) in [6, 6.07) is 30.8. The molecule has 1 amide bonds. The van der Waals surface area contributed by atoms with Gasteiger partial charge in [-0.2, -0.15) is 0 Å². The van der Waals surface area contributed by atoms with Crippen molar-refractivity contribution >= 4 is 51.3 Å². The van der Waals surface area contributed by atoms with Gasteiger partial charge in [-0.3, -0.25) is 9.69 Å². The summed E-state index contributed by atoms with van der Waals surface area (Å²) in [6.07, 6.45) is 0.985. The highest BCUT2D eigenvalue weighted by molar-refractivity contribution is 6.18. The average molecular weight is 793 g/mol. The number of nitrogens with zero attached hydrogens (tertiary/aromatic N) is 2. The summed E-state index contributed by atoms with van der Waals surface area (Å²) in [7, 11) is 1.86. The molecule has 3 heterocycles. The highest BCUT2D eigenvalue weighted by Crippen LogP contribution is 2.29. The molecule has 2 N–H and O–H groups in total. The number of benzene rings is 4. The molecule has 1 saturated heterocycles. The predicted molar refractivity (Wildman–Crippen MR) is 222 cm³/mol. The van der Waals surface area contributed by atoms with Crippen molar-refractivity contribution in [2.75, 3.05) is 45.8 Å². The Bertz CT molecular complexity index is 2290. The third-order valence-corrected chi connectivity index (χ3v) is 10.2. The quantitative estimate of drug-likeness (QED) is 0.0836. The highest BCUT2D eigenvalue weighted by Gasteiger charge is 2.27. The van der Waals surface area contributed by atoms with Gasteiger partial charge in [-0.1, -0.05) is 60.7 Å². The first-order valence-electron chi connectivity index (χ1n) is 19.0. The van der Waals surface area contributed by atoms with E-state index in [0.29, 0.717) is 36.0 Å². The van der Waals surface area contributed by atoms with Crippen LogP contribution in [0.1, 0.15) is 56.6 Å². The van der Waals surface area contributed by atoms with Crippen LogP contribution in [-0.2, 0) is 27.5 Å². The van der Waals surface area contributed by atoms with Crippen LogP contribution in [0, 0.1) is 13.8 Å². The number of aryl methyl sites for hydroxylation is 2. The van der Waals surface area contributed by atoms with E-state index in [1.807, 2.05) is 123 Å². The van der Waals surface area contributed by atoms with E-state index in [2.05, 4.69) is 14.9 Å². The number of likely N-dealkylation sites (N-methyl/N-ethyl adjacent to an activating group) is 1. The number of hydrogen-bond donors (Lipinski definition) is 2. The van der Waals surface area contributed by atoms with Crippen molar-refractivity contribution in [2.24, 2.45) is 0 Å². The van der Waals surface area contributed by atoms with Crippen LogP contribution in [-0.4, -0.2) is 89.4 Å². The van der Waals surface area contributed by atoms with Gasteiger partial charge in [-0.15, -0.1) is 11.6 Å². The van der Waals surface area contributed by atoms with Gasteiger partial charge in [0.15, 0.2) is 0 Å². The fourth-order valence-electron chi connectivity index (χ4n) is 6.95. The number of hydrogen-bond acceptors (Lipinski definition) is 8.